The van der Waals surface area contributed by atoms with Crippen LogP contribution in [-0.2, 0) is 24.8 Å². The molecule has 4 rings (SSSR count). The largest absolute Gasteiger partial charge is 0.472 e. The number of aromatic nitrogens is 5. The number of carbonyl (C=O) groups excluding carboxylic acids is 2. The monoisotopic (exact) mass is 405 g/mol. The molecule has 0 bridgehead atoms. The molecule has 0 saturated heterocycles. The second-order valence-electron chi connectivity index (χ2n) is 5.79. The van der Waals surface area contributed by atoms with Gasteiger partial charge in [-0.25, -0.2) is 9.67 Å². The van der Waals surface area contributed by atoms with E-state index in [1.807, 2.05) is 0 Å². The quantitative estimate of drug-likeness (QED) is 0.629. The van der Waals surface area contributed by atoms with E-state index in [0.717, 1.165) is 10.6 Å². The van der Waals surface area contributed by atoms with E-state index in [1.165, 1.54) is 40.3 Å². The van der Waals surface area contributed by atoms with Crippen molar-refractivity contribution in [3.63, 3.8) is 0 Å². The molecule has 1 aliphatic rings. The third-order valence-corrected chi connectivity index (χ3v) is 5.99. The highest BCUT2D eigenvalue weighted by atomic mass is 32.2. The molecular formula is C15H15N7O3S2. The van der Waals surface area contributed by atoms with Gasteiger partial charge >= 0.3 is 0 Å². The minimum absolute atomic E-state index is 0.0195. The first-order chi connectivity index (χ1) is 13.1. The van der Waals surface area contributed by atoms with E-state index in [0.29, 0.717) is 35.4 Å². The lowest BCUT2D eigenvalue weighted by atomic mass is 10.2. The van der Waals surface area contributed by atoms with Gasteiger partial charge in [0.2, 0.25) is 11.1 Å². The lowest BCUT2D eigenvalue weighted by molar-refractivity contribution is -0.129. The number of furan rings is 1. The van der Waals surface area contributed by atoms with Gasteiger partial charge in [0.1, 0.15) is 6.26 Å². The van der Waals surface area contributed by atoms with Crippen molar-refractivity contribution in [2.45, 2.75) is 18.1 Å². The predicted molar refractivity (Wildman–Crippen MR) is 97.4 cm³/mol. The molecule has 4 heterocycles. The van der Waals surface area contributed by atoms with Crippen LogP contribution in [0.1, 0.15) is 20.9 Å². The Morgan fingerprint density at radius 1 is 1.44 bits per heavy atom. The molecule has 0 atom stereocenters. The second-order valence-corrected chi connectivity index (χ2v) is 7.82. The van der Waals surface area contributed by atoms with E-state index in [2.05, 4.69) is 25.8 Å². The zero-order valence-corrected chi connectivity index (χ0v) is 15.9. The number of thioether (sulfide) groups is 1. The van der Waals surface area contributed by atoms with Gasteiger partial charge in [-0.05, 0) is 16.5 Å². The van der Waals surface area contributed by atoms with E-state index in [1.54, 1.807) is 18.0 Å². The summed E-state index contributed by atoms with van der Waals surface area (Å²) in [5.74, 6) is 0.0226. The third-order valence-electron chi connectivity index (χ3n) is 3.99. The molecule has 27 heavy (non-hydrogen) atoms. The number of anilines is 1. The van der Waals surface area contributed by atoms with Gasteiger partial charge in [0.25, 0.3) is 5.91 Å². The van der Waals surface area contributed by atoms with Crippen molar-refractivity contribution in [3.8, 4) is 0 Å². The summed E-state index contributed by atoms with van der Waals surface area (Å²) in [4.78, 5) is 31.8. The average molecular weight is 405 g/mol. The maximum atomic E-state index is 12.5. The normalized spacial score (nSPS) is 13.4. The Hall–Kier alpha value is -2.73. The first-order valence-electron chi connectivity index (χ1n) is 8.05. The standard InChI is InChI=1S/C15H15N7O3S2/c1-21-15(18-19-20-21)26-8-12(23)22-4-2-10-11(6-22)27-14(16-10)17-13(24)9-3-5-25-7-9/h3,5,7H,2,4,6,8H2,1H3,(H,16,17,24). The number of aryl methyl sites for hydroxylation is 1. The Labute approximate surface area is 161 Å². The summed E-state index contributed by atoms with van der Waals surface area (Å²) in [7, 11) is 1.73. The molecule has 0 saturated carbocycles. The summed E-state index contributed by atoms with van der Waals surface area (Å²) in [6.45, 7) is 1.09. The number of thiazole rings is 1. The lowest BCUT2D eigenvalue weighted by Crippen LogP contribution is -2.36. The fraction of sp³-hybridized carbons (Fsp3) is 0.333. The topological polar surface area (TPSA) is 119 Å². The van der Waals surface area contributed by atoms with Crippen LogP contribution in [0, 0.1) is 0 Å². The first-order valence-corrected chi connectivity index (χ1v) is 9.85. The maximum absolute atomic E-state index is 12.5. The fourth-order valence-corrected chi connectivity index (χ4v) is 4.36. The Morgan fingerprint density at radius 3 is 3.07 bits per heavy atom. The number of amides is 2. The van der Waals surface area contributed by atoms with Crippen molar-refractivity contribution in [1.82, 2.24) is 30.1 Å². The Kier molecular flexibility index (Phi) is 4.90. The number of nitrogens with zero attached hydrogens (tertiary/aromatic N) is 6. The number of hydrogen-bond acceptors (Lipinski definition) is 9. The molecule has 0 radical (unpaired) electrons. The molecule has 0 spiro atoms. The van der Waals surface area contributed by atoms with E-state index in [9.17, 15) is 9.59 Å². The molecular weight excluding hydrogens is 390 g/mol. The second kappa shape index (κ2) is 7.48. The fourth-order valence-electron chi connectivity index (χ4n) is 2.59. The maximum Gasteiger partial charge on any atom is 0.260 e. The summed E-state index contributed by atoms with van der Waals surface area (Å²) in [5, 5.41) is 15.1. The molecule has 140 valence electrons. The van der Waals surface area contributed by atoms with Crippen molar-refractivity contribution in [2.75, 3.05) is 17.6 Å². The van der Waals surface area contributed by atoms with E-state index >= 15 is 0 Å². The molecule has 10 nitrogen and oxygen atoms in total. The Morgan fingerprint density at radius 2 is 2.33 bits per heavy atom. The van der Waals surface area contributed by atoms with Crippen LogP contribution in [0.15, 0.2) is 28.2 Å². The number of hydrogen-bond donors (Lipinski definition) is 1. The van der Waals surface area contributed by atoms with E-state index in [4.69, 9.17) is 4.42 Å². The van der Waals surface area contributed by atoms with Crippen molar-refractivity contribution in [2.24, 2.45) is 7.05 Å². The SMILES string of the molecule is Cn1nnnc1SCC(=O)N1CCc2nc(NC(=O)c3ccoc3)sc2C1. The zero-order chi connectivity index (χ0) is 18.8. The number of fused-ring (bicyclic) bond motifs is 1. The van der Waals surface area contributed by atoms with Crippen LogP contribution in [0.2, 0.25) is 0 Å². The van der Waals surface area contributed by atoms with Crippen molar-refractivity contribution in [1.29, 1.82) is 0 Å². The minimum Gasteiger partial charge on any atom is -0.472 e. The average Bonchev–Trinajstić information content (AvgIpc) is 3.39. The molecule has 2 amide bonds. The highest BCUT2D eigenvalue weighted by molar-refractivity contribution is 7.99. The van der Waals surface area contributed by atoms with E-state index in [-0.39, 0.29) is 17.6 Å². The number of carbonyl (C=O) groups is 2. The number of nitrogens with one attached hydrogen (secondary N) is 1. The number of rotatable bonds is 5. The van der Waals surface area contributed by atoms with Gasteiger partial charge in [-0.1, -0.05) is 23.1 Å². The first kappa shape index (κ1) is 17.7. The number of tetrazole rings is 1. The van der Waals surface area contributed by atoms with Gasteiger partial charge in [0.05, 0.1) is 29.8 Å². The van der Waals surface area contributed by atoms with Gasteiger partial charge in [-0.3, -0.25) is 14.9 Å². The molecule has 12 heteroatoms. The van der Waals surface area contributed by atoms with Gasteiger partial charge in [-0.15, -0.1) is 5.10 Å². The van der Waals surface area contributed by atoms with Crippen LogP contribution in [0.25, 0.3) is 0 Å². The zero-order valence-electron chi connectivity index (χ0n) is 14.3. The predicted octanol–water partition coefficient (Wildman–Crippen LogP) is 1.19. The molecule has 1 N–H and O–H groups in total. The van der Waals surface area contributed by atoms with Crippen LogP contribution in [0.5, 0.6) is 0 Å². The molecule has 0 unspecified atom stereocenters. The molecule has 3 aromatic heterocycles. The highest BCUT2D eigenvalue weighted by Crippen LogP contribution is 2.29. The summed E-state index contributed by atoms with van der Waals surface area (Å²) < 4.78 is 6.45. The molecule has 0 aliphatic carbocycles. The van der Waals surface area contributed by atoms with Crippen molar-refractivity contribution >= 4 is 40.0 Å². The Bertz CT molecular complexity index is 966. The Balaban J connectivity index is 1.36. The van der Waals surface area contributed by atoms with Crippen LogP contribution < -0.4 is 5.32 Å². The smallest absolute Gasteiger partial charge is 0.260 e. The molecule has 1 aliphatic heterocycles. The molecule has 3 aromatic rings. The molecule has 0 aromatic carbocycles. The summed E-state index contributed by atoms with van der Waals surface area (Å²) in [6, 6.07) is 1.59. The van der Waals surface area contributed by atoms with Crippen LogP contribution in [0.3, 0.4) is 0 Å². The van der Waals surface area contributed by atoms with Gasteiger partial charge in [-0.2, -0.15) is 0 Å². The lowest BCUT2D eigenvalue weighted by Gasteiger charge is -2.25. The third kappa shape index (κ3) is 3.85. The van der Waals surface area contributed by atoms with Crippen molar-refractivity contribution < 1.29 is 14.0 Å². The van der Waals surface area contributed by atoms with Crippen LogP contribution >= 0.6 is 23.1 Å². The summed E-state index contributed by atoms with van der Waals surface area (Å²) >= 11 is 2.70. The van der Waals surface area contributed by atoms with E-state index < -0.39 is 0 Å². The van der Waals surface area contributed by atoms with Gasteiger partial charge in [0.15, 0.2) is 5.13 Å². The minimum atomic E-state index is -0.267. The van der Waals surface area contributed by atoms with Crippen molar-refractivity contribution in [3.05, 3.63) is 34.7 Å². The summed E-state index contributed by atoms with van der Waals surface area (Å²) in [6.07, 6.45) is 3.49. The molecule has 0 fully saturated rings. The van der Waals surface area contributed by atoms with Gasteiger partial charge < -0.3 is 9.32 Å². The van der Waals surface area contributed by atoms with Gasteiger partial charge in [0, 0.05) is 24.9 Å². The van der Waals surface area contributed by atoms with Crippen LogP contribution in [0.4, 0.5) is 5.13 Å². The summed E-state index contributed by atoms with van der Waals surface area (Å²) in [5.41, 5.74) is 1.37. The van der Waals surface area contributed by atoms with Crippen LogP contribution in [-0.4, -0.2) is 54.2 Å². The highest BCUT2D eigenvalue weighted by Gasteiger charge is 2.25.